The first-order valence-electron chi connectivity index (χ1n) is 10.2. The number of aromatic nitrogens is 2. The smallest absolute Gasteiger partial charge is 0.411 e. The fraction of sp³-hybridized carbons (Fsp3) is 0.429. The van der Waals surface area contributed by atoms with Crippen LogP contribution in [0.25, 0.3) is 0 Å². The number of carboxylic acid groups (broad SMARTS) is 1. The lowest BCUT2D eigenvalue weighted by Gasteiger charge is -2.46. The molecule has 2 aromatic rings. The van der Waals surface area contributed by atoms with Gasteiger partial charge in [-0.25, -0.2) is 14.6 Å². The fourth-order valence-corrected chi connectivity index (χ4v) is 3.42. The van der Waals surface area contributed by atoms with Crippen molar-refractivity contribution in [2.24, 2.45) is 0 Å². The molecule has 0 unspecified atom stereocenters. The lowest BCUT2D eigenvalue weighted by atomic mass is 9.96. The number of pyridine rings is 2. The number of hydrogen-bond acceptors (Lipinski definition) is 9. The molecule has 3 heterocycles. The Morgan fingerprint density at radius 2 is 1.88 bits per heavy atom. The van der Waals surface area contributed by atoms with Crippen LogP contribution in [0.5, 0.6) is 0 Å². The van der Waals surface area contributed by atoms with E-state index in [2.05, 4.69) is 15.3 Å². The summed E-state index contributed by atoms with van der Waals surface area (Å²) < 4.78 is 5.39. The Kier molecular flexibility index (Phi) is 6.38. The highest BCUT2D eigenvalue weighted by Crippen LogP contribution is 2.32. The van der Waals surface area contributed by atoms with Crippen molar-refractivity contribution in [3.05, 3.63) is 46.8 Å². The molecule has 0 aliphatic carbocycles. The van der Waals surface area contributed by atoms with Crippen molar-refractivity contribution in [3.8, 4) is 0 Å². The molecule has 2 N–H and O–H groups in total. The predicted molar refractivity (Wildman–Crippen MR) is 120 cm³/mol. The van der Waals surface area contributed by atoms with Gasteiger partial charge in [0.25, 0.3) is 0 Å². The highest BCUT2D eigenvalue weighted by Gasteiger charge is 2.48. The summed E-state index contributed by atoms with van der Waals surface area (Å²) in [4.78, 5) is 47.0. The van der Waals surface area contributed by atoms with E-state index in [4.69, 9.17) is 4.74 Å². The van der Waals surface area contributed by atoms with Crippen molar-refractivity contribution in [1.82, 2.24) is 14.9 Å². The molecule has 12 heteroatoms. The lowest BCUT2D eigenvalue weighted by Crippen LogP contribution is -2.67. The van der Waals surface area contributed by atoms with Gasteiger partial charge in [-0.3, -0.25) is 20.0 Å². The number of nitrogens with one attached hydrogen (secondary N) is 1. The largest absolute Gasteiger partial charge is 0.479 e. The van der Waals surface area contributed by atoms with Gasteiger partial charge in [0.1, 0.15) is 11.4 Å². The number of nitrogens with zero attached hydrogens (tertiary/aromatic N) is 5. The number of nitro groups is 1. The number of amides is 1. The quantitative estimate of drug-likeness (QED) is 0.505. The number of hydrogen-bond donors (Lipinski definition) is 2. The first-order chi connectivity index (χ1) is 15.4. The lowest BCUT2D eigenvalue weighted by molar-refractivity contribution is -0.384. The van der Waals surface area contributed by atoms with Crippen LogP contribution in [0.1, 0.15) is 27.7 Å². The summed E-state index contributed by atoms with van der Waals surface area (Å²) in [5.74, 6) is -0.848. The molecule has 3 rings (SSSR count). The minimum Gasteiger partial charge on any atom is -0.479 e. The third-order valence-electron chi connectivity index (χ3n) is 5.09. The summed E-state index contributed by atoms with van der Waals surface area (Å²) in [5.41, 5.74) is -2.05. The van der Waals surface area contributed by atoms with Crippen LogP contribution in [0.3, 0.4) is 0 Å². The molecule has 0 bridgehead atoms. The summed E-state index contributed by atoms with van der Waals surface area (Å²) >= 11 is 0. The topological polar surface area (TPSA) is 151 Å². The van der Waals surface area contributed by atoms with Crippen molar-refractivity contribution < 1.29 is 24.4 Å². The summed E-state index contributed by atoms with van der Waals surface area (Å²) in [6.07, 6.45) is 2.35. The van der Waals surface area contributed by atoms with Gasteiger partial charge >= 0.3 is 17.7 Å². The zero-order valence-electron chi connectivity index (χ0n) is 18.8. The number of carbonyl (C=O) groups is 2. The summed E-state index contributed by atoms with van der Waals surface area (Å²) in [7, 11) is 0. The molecule has 1 fully saturated rings. The van der Waals surface area contributed by atoms with Crippen LogP contribution < -0.4 is 10.2 Å². The Morgan fingerprint density at radius 1 is 1.21 bits per heavy atom. The molecule has 0 spiro atoms. The second-order valence-electron chi connectivity index (χ2n) is 8.79. The summed E-state index contributed by atoms with van der Waals surface area (Å²) in [6.45, 7) is 6.81. The maximum atomic E-state index is 12.7. The monoisotopic (exact) mass is 458 g/mol. The van der Waals surface area contributed by atoms with Crippen LogP contribution in [0.15, 0.2) is 36.7 Å². The Labute approximate surface area is 190 Å². The van der Waals surface area contributed by atoms with Crippen molar-refractivity contribution >= 4 is 35.1 Å². The van der Waals surface area contributed by atoms with Crippen LogP contribution in [-0.2, 0) is 9.53 Å². The van der Waals surface area contributed by atoms with Crippen LogP contribution in [0, 0.1) is 10.1 Å². The molecule has 0 aromatic carbocycles. The van der Waals surface area contributed by atoms with Gasteiger partial charge in [0.2, 0.25) is 5.82 Å². The van der Waals surface area contributed by atoms with E-state index in [9.17, 15) is 24.8 Å². The zero-order valence-corrected chi connectivity index (χ0v) is 18.8. The summed E-state index contributed by atoms with van der Waals surface area (Å²) in [6, 6.07) is 6.05. The molecule has 33 heavy (non-hydrogen) atoms. The number of anilines is 3. The van der Waals surface area contributed by atoms with Crippen LogP contribution in [0.4, 0.5) is 27.8 Å². The van der Waals surface area contributed by atoms with Crippen molar-refractivity contribution in [1.29, 1.82) is 0 Å². The molecule has 1 aliphatic heterocycles. The van der Waals surface area contributed by atoms with Crippen molar-refractivity contribution in [2.75, 3.05) is 29.9 Å². The summed E-state index contributed by atoms with van der Waals surface area (Å²) in [5, 5.41) is 24.3. The average Bonchev–Trinajstić information content (AvgIpc) is 2.72. The third-order valence-corrected chi connectivity index (χ3v) is 5.09. The second kappa shape index (κ2) is 8.88. The molecule has 12 nitrogen and oxygen atoms in total. The third kappa shape index (κ3) is 5.27. The van der Waals surface area contributed by atoms with Gasteiger partial charge in [0.15, 0.2) is 5.54 Å². The van der Waals surface area contributed by atoms with Crippen molar-refractivity contribution in [3.63, 3.8) is 0 Å². The van der Waals surface area contributed by atoms with E-state index in [1.165, 1.54) is 36.4 Å². The van der Waals surface area contributed by atoms with Gasteiger partial charge in [-0.1, -0.05) is 0 Å². The number of ether oxygens (including phenoxy) is 1. The molecule has 1 aliphatic rings. The number of rotatable bonds is 5. The molecule has 2 aromatic heterocycles. The minimum atomic E-state index is -1.59. The van der Waals surface area contributed by atoms with E-state index >= 15 is 0 Å². The maximum absolute atomic E-state index is 12.7. The van der Waals surface area contributed by atoms with Gasteiger partial charge in [-0.2, -0.15) is 0 Å². The fourth-order valence-electron chi connectivity index (χ4n) is 3.42. The predicted octanol–water partition coefficient (Wildman–Crippen LogP) is 3.03. The molecule has 1 saturated heterocycles. The number of carboxylic acids is 1. The minimum absolute atomic E-state index is 0.00954. The van der Waals surface area contributed by atoms with E-state index in [0.717, 1.165) is 0 Å². The van der Waals surface area contributed by atoms with E-state index < -0.39 is 28.1 Å². The zero-order chi connectivity index (χ0) is 24.4. The van der Waals surface area contributed by atoms with Crippen molar-refractivity contribution in [2.45, 2.75) is 38.8 Å². The Bertz CT molecular complexity index is 1060. The van der Waals surface area contributed by atoms with Crippen LogP contribution >= 0.6 is 0 Å². The first-order valence-corrected chi connectivity index (χ1v) is 10.2. The van der Waals surface area contributed by atoms with E-state index in [0.29, 0.717) is 11.5 Å². The molecule has 176 valence electrons. The number of aliphatic carboxylic acids is 1. The average molecular weight is 458 g/mol. The van der Waals surface area contributed by atoms with Crippen LogP contribution in [0.2, 0.25) is 0 Å². The maximum Gasteiger partial charge on any atom is 0.411 e. The van der Waals surface area contributed by atoms with Gasteiger partial charge in [-0.15, -0.1) is 0 Å². The standard InChI is InChI=1S/C21H26N6O6/c1-20(2,3)33-19(30)26-12-11-25(13-21(26,4)18(28)29)16-6-5-15(27(31)32)17(24-16)23-14-7-9-22-10-8-14/h5-10H,11-13H2,1-4H3,(H,28,29)(H,22,23,24)/t21-/m1/s1. The Balaban J connectivity index is 1.91. The molecular formula is C21H26N6O6. The molecular weight excluding hydrogens is 432 g/mol. The molecule has 0 radical (unpaired) electrons. The normalized spacial score (nSPS) is 18.5. The molecule has 0 saturated carbocycles. The first kappa shape index (κ1) is 23.7. The van der Waals surface area contributed by atoms with Gasteiger partial charge < -0.3 is 20.1 Å². The van der Waals surface area contributed by atoms with E-state index in [-0.39, 0.29) is 31.1 Å². The van der Waals surface area contributed by atoms with Gasteiger partial charge in [0.05, 0.1) is 11.5 Å². The van der Waals surface area contributed by atoms with Gasteiger partial charge in [0, 0.05) is 37.2 Å². The SMILES string of the molecule is CC(C)(C)OC(=O)N1CCN(c2ccc([N+](=O)[O-])c(Nc3ccncc3)n2)C[C@]1(C)C(=O)O. The van der Waals surface area contributed by atoms with Crippen LogP contribution in [-0.4, -0.2) is 67.7 Å². The Hall–Kier alpha value is -3.96. The molecule has 1 atom stereocenters. The number of carbonyl (C=O) groups excluding carboxylic acids is 1. The second-order valence-corrected chi connectivity index (χ2v) is 8.79. The highest BCUT2D eigenvalue weighted by molar-refractivity contribution is 5.85. The Morgan fingerprint density at radius 3 is 2.45 bits per heavy atom. The van der Waals surface area contributed by atoms with E-state index in [1.807, 2.05) is 0 Å². The molecule has 1 amide bonds. The highest BCUT2D eigenvalue weighted by atomic mass is 16.6. The number of piperazine rings is 1. The van der Waals surface area contributed by atoms with E-state index in [1.54, 1.807) is 37.8 Å². The van der Waals surface area contributed by atoms with Gasteiger partial charge in [-0.05, 0) is 45.9 Å².